The Hall–Kier alpha value is -2.77. The minimum Gasteiger partial charge on any atom is -0.489 e. The number of nitrogens with zero attached hydrogens (tertiary/aromatic N) is 2. The molecule has 0 bridgehead atoms. The highest BCUT2D eigenvalue weighted by Crippen LogP contribution is 2.32. The molecule has 0 aliphatic carbocycles. The molecule has 2 aliphatic heterocycles. The summed E-state index contributed by atoms with van der Waals surface area (Å²) in [6.07, 6.45) is 3.58. The Morgan fingerprint density at radius 1 is 1.06 bits per heavy atom. The van der Waals surface area contributed by atoms with Gasteiger partial charge < -0.3 is 9.64 Å². The van der Waals surface area contributed by atoms with Gasteiger partial charge in [-0.1, -0.05) is 41.9 Å². The molecule has 0 radical (unpaired) electrons. The number of hydrogen-bond donors (Lipinski definition) is 0. The smallest absolute Gasteiger partial charge is 0.294 e. The predicted octanol–water partition coefficient (Wildman–Crippen LogP) is 4.58. The highest BCUT2D eigenvalue weighted by Gasteiger charge is 2.37. The highest BCUT2D eigenvalue weighted by molar-refractivity contribution is 8.18. The fourth-order valence-electron chi connectivity index (χ4n) is 3.43. The van der Waals surface area contributed by atoms with E-state index in [1.54, 1.807) is 23.1 Å². The third-order valence-corrected chi connectivity index (χ3v) is 6.43. The van der Waals surface area contributed by atoms with Crippen LogP contribution in [-0.4, -0.2) is 46.5 Å². The van der Waals surface area contributed by atoms with Gasteiger partial charge in [-0.2, -0.15) is 0 Å². The quantitative estimate of drug-likeness (QED) is 0.595. The second-order valence-corrected chi connectivity index (χ2v) is 8.71. The monoisotopic (exact) mass is 456 g/mol. The molecule has 160 valence electrons. The van der Waals surface area contributed by atoms with Crippen LogP contribution in [0.3, 0.4) is 0 Å². The molecular weight excluding hydrogens is 436 g/mol. The van der Waals surface area contributed by atoms with Gasteiger partial charge in [-0.15, -0.1) is 0 Å². The molecular formula is C23H21ClN2O4S. The normalized spacial score (nSPS) is 17.6. The molecule has 2 aromatic carbocycles. The first-order valence-corrected chi connectivity index (χ1v) is 11.2. The Kier molecular flexibility index (Phi) is 6.63. The lowest BCUT2D eigenvalue weighted by molar-refractivity contribution is -0.135. The van der Waals surface area contributed by atoms with E-state index in [9.17, 15) is 14.4 Å². The summed E-state index contributed by atoms with van der Waals surface area (Å²) in [4.78, 5) is 40.2. The summed E-state index contributed by atoms with van der Waals surface area (Å²) in [6, 6.07) is 14.7. The first-order chi connectivity index (χ1) is 15.0. The van der Waals surface area contributed by atoms with Crippen molar-refractivity contribution < 1.29 is 19.1 Å². The van der Waals surface area contributed by atoms with Crippen LogP contribution in [0.4, 0.5) is 4.79 Å². The number of halogens is 1. The van der Waals surface area contributed by atoms with E-state index in [2.05, 4.69) is 0 Å². The van der Waals surface area contributed by atoms with Gasteiger partial charge in [0.15, 0.2) is 0 Å². The Bertz CT molecular complexity index is 1030. The average Bonchev–Trinajstić information content (AvgIpc) is 3.39. The molecule has 0 atom stereocenters. The van der Waals surface area contributed by atoms with Crippen LogP contribution in [-0.2, 0) is 16.2 Å². The van der Waals surface area contributed by atoms with E-state index in [1.165, 1.54) is 0 Å². The molecule has 3 amide bonds. The van der Waals surface area contributed by atoms with Crippen molar-refractivity contribution in [3.05, 3.63) is 69.6 Å². The predicted molar refractivity (Wildman–Crippen MR) is 121 cm³/mol. The second-order valence-electron chi connectivity index (χ2n) is 7.30. The molecule has 2 heterocycles. The van der Waals surface area contributed by atoms with E-state index in [4.69, 9.17) is 16.3 Å². The van der Waals surface area contributed by atoms with Crippen LogP contribution in [0.1, 0.15) is 24.0 Å². The van der Waals surface area contributed by atoms with Gasteiger partial charge in [0.2, 0.25) is 5.91 Å². The zero-order valence-electron chi connectivity index (χ0n) is 16.8. The van der Waals surface area contributed by atoms with Crippen LogP contribution in [0.15, 0.2) is 53.4 Å². The zero-order valence-corrected chi connectivity index (χ0v) is 18.3. The maximum absolute atomic E-state index is 12.6. The highest BCUT2D eigenvalue weighted by atomic mass is 35.5. The average molecular weight is 457 g/mol. The SMILES string of the molecule is O=C(CN1C(=O)S/C(=C/c2ccc(OCc3ccccc3Cl)cc2)C1=O)N1CCCC1. The number of hydrogen-bond acceptors (Lipinski definition) is 5. The lowest BCUT2D eigenvalue weighted by Gasteiger charge is -2.18. The number of rotatable bonds is 6. The molecule has 8 heteroatoms. The van der Waals surface area contributed by atoms with Gasteiger partial charge in [-0.05, 0) is 54.4 Å². The zero-order chi connectivity index (χ0) is 21.8. The summed E-state index contributed by atoms with van der Waals surface area (Å²) in [5, 5.41) is 0.238. The first-order valence-electron chi connectivity index (χ1n) is 10.0. The van der Waals surface area contributed by atoms with Crippen LogP contribution in [0.5, 0.6) is 5.75 Å². The number of carbonyl (C=O) groups excluding carboxylic acids is 3. The Balaban J connectivity index is 1.38. The van der Waals surface area contributed by atoms with Crippen LogP contribution in [0.2, 0.25) is 5.02 Å². The van der Waals surface area contributed by atoms with Gasteiger partial charge in [0, 0.05) is 23.7 Å². The van der Waals surface area contributed by atoms with Crippen molar-refractivity contribution in [3.8, 4) is 5.75 Å². The summed E-state index contributed by atoms with van der Waals surface area (Å²) >= 11 is 7.00. The lowest BCUT2D eigenvalue weighted by atomic mass is 10.2. The van der Waals surface area contributed by atoms with Crippen LogP contribution in [0.25, 0.3) is 6.08 Å². The number of benzene rings is 2. The van der Waals surface area contributed by atoms with Gasteiger partial charge in [0.25, 0.3) is 11.1 Å². The standard InChI is InChI=1S/C23H21ClN2O4S/c24-19-6-2-1-5-17(19)15-30-18-9-7-16(8-10-18)13-20-22(28)26(23(29)31-20)14-21(27)25-11-3-4-12-25/h1-2,5-10,13H,3-4,11-12,14-15H2/b20-13+. The van der Waals surface area contributed by atoms with E-state index in [0.29, 0.717) is 35.4 Å². The van der Waals surface area contributed by atoms with Gasteiger partial charge in [-0.25, -0.2) is 0 Å². The van der Waals surface area contributed by atoms with E-state index in [0.717, 1.165) is 40.6 Å². The Morgan fingerprint density at radius 3 is 2.48 bits per heavy atom. The number of carbonyl (C=O) groups is 3. The van der Waals surface area contributed by atoms with Crippen LogP contribution < -0.4 is 4.74 Å². The number of imide groups is 1. The third-order valence-electron chi connectivity index (χ3n) is 5.16. The van der Waals surface area contributed by atoms with Crippen molar-refractivity contribution in [3.63, 3.8) is 0 Å². The molecule has 2 aromatic rings. The van der Waals surface area contributed by atoms with E-state index < -0.39 is 11.1 Å². The van der Waals surface area contributed by atoms with Crippen LogP contribution in [0, 0.1) is 0 Å². The minimum atomic E-state index is -0.429. The lowest BCUT2D eigenvalue weighted by Crippen LogP contribution is -2.40. The molecule has 2 aliphatic rings. The van der Waals surface area contributed by atoms with E-state index in [1.807, 2.05) is 36.4 Å². The molecule has 0 aromatic heterocycles. The molecule has 2 fully saturated rings. The summed E-state index contributed by atoms with van der Waals surface area (Å²) in [5.41, 5.74) is 1.66. The van der Waals surface area contributed by atoms with Crippen molar-refractivity contribution in [2.45, 2.75) is 19.4 Å². The number of ether oxygens (including phenoxy) is 1. The van der Waals surface area contributed by atoms with Crippen LogP contribution >= 0.6 is 23.4 Å². The van der Waals surface area contributed by atoms with Gasteiger partial charge >= 0.3 is 0 Å². The molecule has 0 N–H and O–H groups in total. The summed E-state index contributed by atoms with van der Waals surface area (Å²) in [7, 11) is 0. The molecule has 6 nitrogen and oxygen atoms in total. The van der Waals surface area contributed by atoms with Crippen molar-refractivity contribution >= 4 is 46.5 Å². The van der Waals surface area contributed by atoms with Crippen molar-refractivity contribution in [2.75, 3.05) is 19.6 Å². The number of thioether (sulfide) groups is 1. The fraction of sp³-hybridized carbons (Fsp3) is 0.261. The Morgan fingerprint density at radius 2 is 1.77 bits per heavy atom. The molecule has 4 rings (SSSR count). The van der Waals surface area contributed by atoms with E-state index in [-0.39, 0.29) is 12.5 Å². The third kappa shape index (κ3) is 5.11. The summed E-state index contributed by atoms with van der Waals surface area (Å²) < 4.78 is 5.76. The summed E-state index contributed by atoms with van der Waals surface area (Å²) in [5.74, 6) is 0.0593. The minimum absolute atomic E-state index is 0.180. The Labute approximate surface area is 189 Å². The van der Waals surface area contributed by atoms with Gasteiger partial charge in [-0.3, -0.25) is 19.3 Å². The maximum Gasteiger partial charge on any atom is 0.294 e. The topological polar surface area (TPSA) is 66.9 Å². The van der Waals surface area contributed by atoms with Crippen molar-refractivity contribution in [2.24, 2.45) is 0 Å². The second kappa shape index (κ2) is 9.58. The van der Waals surface area contributed by atoms with Gasteiger partial charge in [0.1, 0.15) is 18.9 Å². The number of amides is 3. The molecule has 2 saturated heterocycles. The van der Waals surface area contributed by atoms with Crippen molar-refractivity contribution in [1.82, 2.24) is 9.80 Å². The first kappa shape index (κ1) is 21.5. The molecule has 0 saturated carbocycles. The number of likely N-dealkylation sites (tertiary alicyclic amines) is 1. The molecule has 31 heavy (non-hydrogen) atoms. The van der Waals surface area contributed by atoms with E-state index >= 15 is 0 Å². The molecule has 0 spiro atoms. The maximum atomic E-state index is 12.6. The summed E-state index contributed by atoms with van der Waals surface area (Å²) in [6.45, 7) is 1.53. The largest absolute Gasteiger partial charge is 0.489 e. The fourth-order valence-corrected chi connectivity index (χ4v) is 4.45. The molecule has 0 unspecified atom stereocenters. The van der Waals surface area contributed by atoms with Gasteiger partial charge in [0.05, 0.1) is 4.91 Å². The van der Waals surface area contributed by atoms with Crippen molar-refractivity contribution in [1.29, 1.82) is 0 Å².